The van der Waals surface area contributed by atoms with Gasteiger partial charge in [-0.05, 0) is 55.8 Å². The summed E-state index contributed by atoms with van der Waals surface area (Å²) in [6.07, 6.45) is 3.18. The van der Waals surface area contributed by atoms with Crippen molar-refractivity contribution in [3.8, 4) is 11.5 Å². The molecule has 0 unspecified atom stereocenters. The van der Waals surface area contributed by atoms with Gasteiger partial charge in [-0.15, -0.1) is 0 Å². The number of hydrogen-bond donors (Lipinski definition) is 1. The number of aromatic nitrogens is 2. The summed E-state index contributed by atoms with van der Waals surface area (Å²) >= 11 is 5.94. The molecule has 0 aliphatic carbocycles. The lowest BCUT2D eigenvalue weighted by Crippen LogP contribution is -2.10. The van der Waals surface area contributed by atoms with Crippen molar-refractivity contribution in [2.45, 2.75) is 27.2 Å². The Morgan fingerprint density at radius 2 is 1.94 bits per heavy atom. The van der Waals surface area contributed by atoms with Crippen molar-refractivity contribution in [2.75, 3.05) is 5.32 Å². The van der Waals surface area contributed by atoms with Crippen molar-refractivity contribution in [1.29, 1.82) is 0 Å². The average Bonchev–Trinajstić information content (AvgIpc) is 3.42. The zero-order valence-corrected chi connectivity index (χ0v) is 18.7. The van der Waals surface area contributed by atoms with Gasteiger partial charge in [0.2, 0.25) is 0 Å². The number of benzene rings is 2. The molecule has 0 fully saturated rings. The number of furan rings is 1. The second-order valence-electron chi connectivity index (χ2n) is 7.39. The third-order valence-electron chi connectivity index (χ3n) is 4.72. The van der Waals surface area contributed by atoms with Gasteiger partial charge in [-0.3, -0.25) is 4.79 Å². The van der Waals surface area contributed by atoms with Gasteiger partial charge in [-0.2, -0.15) is 5.10 Å². The van der Waals surface area contributed by atoms with Gasteiger partial charge in [0.25, 0.3) is 5.91 Å². The van der Waals surface area contributed by atoms with Crippen LogP contribution in [0.1, 0.15) is 27.4 Å². The first-order chi connectivity index (χ1) is 15.9. The van der Waals surface area contributed by atoms with Crippen LogP contribution in [0, 0.1) is 19.7 Å². The summed E-state index contributed by atoms with van der Waals surface area (Å²) < 4.78 is 31.5. The Morgan fingerprint density at radius 3 is 2.73 bits per heavy atom. The number of ether oxygens (including phenoxy) is 2. The summed E-state index contributed by atoms with van der Waals surface area (Å²) in [4.78, 5) is 12.5. The summed E-state index contributed by atoms with van der Waals surface area (Å²) in [5.74, 6) is 0.724. The van der Waals surface area contributed by atoms with Crippen LogP contribution in [0.15, 0.2) is 65.3 Å². The fourth-order valence-electron chi connectivity index (χ4n) is 3.11. The van der Waals surface area contributed by atoms with E-state index in [0.29, 0.717) is 17.2 Å². The minimum atomic E-state index is -0.454. The monoisotopic (exact) mass is 469 g/mol. The van der Waals surface area contributed by atoms with Crippen LogP contribution in [0.5, 0.6) is 11.5 Å². The molecule has 2 heterocycles. The van der Waals surface area contributed by atoms with Crippen LogP contribution in [-0.2, 0) is 13.3 Å². The molecule has 0 saturated carbocycles. The molecule has 7 nitrogen and oxygen atoms in total. The SMILES string of the molecule is Cc1ccc(OCn2cc(NC(=O)c3ccc(COc4ccc(F)cc4Cl)o3)cn2)c(C)c1. The average molecular weight is 470 g/mol. The van der Waals surface area contributed by atoms with E-state index in [1.807, 2.05) is 32.0 Å². The zero-order chi connectivity index (χ0) is 23.4. The van der Waals surface area contributed by atoms with Gasteiger partial charge >= 0.3 is 0 Å². The highest BCUT2D eigenvalue weighted by atomic mass is 35.5. The van der Waals surface area contributed by atoms with Crippen molar-refractivity contribution in [3.05, 3.63) is 94.4 Å². The number of halogens is 2. The molecule has 4 aromatic rings. The van der Waals surface area contributed by atoms with E-state index < -0.39 is 11.7 Å². The standard InChI is InChI=1S/C24H21ClFN3O4/c1-15-3-6-21(16(2)9-15)32-14-29-12-18(11-27-29)28-24(30)23-8-5-19(33-23)13-31-22-7-4-17(26)10-20(22)25/h3-12H,13-14H2,1-2H3,(H,28,30). The first-order valence-electron chi connectivity index (χ1n) is 10.1. The Labute approximate surface area is 194 Å². The molecule has 170 valence electrons. The molecule has 0 atom stereocenters. The molecule has 0 aliphatic heterocycles. The summed E-state index contributed by atoms with van der Waals surface area (Å²) in [6.45, 7) is 4.24. The van der Waals surface area contributed by atoms with E-state index in [0.717, 1.165) is 22.9 Å². The Bertz CT molecular complexity index is 1280. The van der Waals surface area contributed by atoms with E-state index in [4.69, 9.17) is 25.5 Å². The lowest BCUT2D eigenvalue weighted by atomic mass is 10.1. The first kappa shape index (κ1) is 22.4. The third-order valence-corrected chi connectivity index (χ3v) is 5.02. The maximum absolute atomic E-state index is 13.1. The maximum atomic E-state index is 13.1. The minimum Gasteiger partial charge on any atom is -0.484 e. The number of amides is 1. The van der Waals surface area contributed by atoms with Crippen molar-refractivity contribution < 1.29 is 23.1 Å². The Morgan fingerprint density at radius 1 is 1.12 bits per heavy atom. The van der Waals surface area contributed by atoms with Gasteiger partial charge in [0.05, 0.1) is 23.1 Å². The minimum absolute atomic E-state index is 0.0341. The smallest absolute Gasteiger partial charge is 0.291 e. The summed E-state index contributed by atoms with van der Waals surface area (Å²) in [6, 6.07) is 12.9. The molecule has 1 N–H and O–H groups in total. The molecule has 0 radical (unpaired) electrons. The van der Waals surface area contributed by atoms with Crippen LogP contribution in [0.2, 0.25) is 5.02 Å². The summed E-state index contributed by atoms with van der Waals surface area (Å²) in [5.41, 5.74) is 2.70. The predicted octanol–water partition coefficient (Wildman–Crippen LogP) is 5.75. The molecule has 33 heavy (non-hydrogen) atoms. The number of rotatable bonds is 8. The topological polar surface area (TPSA) is 78.5 Å². The fraction of sp³-hybridized carbons (Fsp3) is 0.167. The van der Waals surface area contributed by atoms with Gasteiger partial charge in [-0.1, -0.05) is 29.3 Å². The van der Waals surface area contributed by atoms with Gasteiger partial charge < -0.3 is 19.2 Å². The van der Waals surface area contributed by atoms with Crippen LogP contribution in [-0.4, -0.2) is 15.7 Å². The largest absolute Gasteiger partial charge is 0.484 e. The molecule has 0 bridgehead atoms. The number of carbonyl (C=O) groups is 1. The van der Waals surface area contributed by atoms with E-state index in [-0.39, 0.29) is 24.1 Å². The second-order valence-corrected chi connectivity index (χ2v) is 7.80. The van der Waals surface area contributed by atoms with Gasteiger partial charge in [0.1, 0.15) is 29.7 Å². The quantitative estimate of drug-likeness (QED) is 0.355. The number of carbonyl (C=O) groups excluding carboxylic acids is 1. The summed E-state index contributed by atoms with van der Waals surface area (Å²) in [7, 11) is 0. The van der Waals surface area contributed by atoms with Gasteiger partial charge in [0, 0.05) is 0 Å². The molecule has 0 aliphatic rings. The summed E-state index contributed by atoms with van der Waals surface area (Å²) in [5, 5.41) is 7.07. The van der Waals surface area contributed by atoms with Gasteiger partial charge in [0.15, 0.2) is 12.5 Å². The molecule has 4 rings (SSSR count). The number of hydrogen-bond acceptors (Lipinski definition) is 5. The van der Waals surface area contributed by atoms with Crippen molar-refractivity contribution in [2.24, 2.45) is 0 Å². The number of nitrogens with one attached hydrogen (secondary N) is 1. The lowest BCUT2D eigenvalue weighted by Gasteiger charge is -2.09. The highest BCUT2D eigenvalue weighted by molar-refractivity contribution is 6.32. The highest BCUT2D eigenvalue weighted by Crippen LogP contribution is 2.26. The normalized spacial score (nSPS) is 10.8. The van der Waals surface area contributed by atoms with Crippen molar-refractivity contribution in [1.82, 2.24) is 9.78 Å². The maximum Gasteiger partial charge on any atom is 0.291 e. The number of anilines is 1. The third kappa shape index (κ3) is 5.72. The molecule has 9 heteroatoms. The first-order valence-corrected chi connectivity index (χ1v) is 10.5. The van der Waals surface area contributed by atoms with Crippen LogP contribution in [0.4, 0.5) is 10.1 Å². The molecule has 1 amide bonds. The zero-order valence-electron chi connectivity index (χ0n) is 18.0. The second kappa shape index (κ2) is 9.79. The van der Waals surface area contributed by atoms with E-state index in [1.54, 1.807) is 16.9 Å². The number of nitrogens with zero attached hydrogens (tertiary/aromatic N) is 2. The molecule has 2 aromatic carbocycles. The van der Waals surface area contributed by atoms with Crippen LogP contribution in [0.25, 0.3) is 0 Å². The number of aryl methyl sites for hydroxylation is 2. The van der Waals surface area contributed by atoms with E-state index in [1.165, 1.54) is 24.4 Å². The van der Waals surface area contributed by atoms with E-state index in [2.05, 4.69) is 10.4 Å². The molecule has 0 saturated heterocycles. The van der Waals surface area contributed by atoms with Crippen molar-refractivity contribution in [3.63, 3.8) is 0 Å². The van der Waals surface area contributed by atoms with Crippen molar-refractivity contribution >= 4 is 23.2 Å². The lowest BCUT2D eigenvalue weighted by molar-refractivity contribution is 0.0992. The fourth-order valence-corrected chi connectivity index (χ4v) is 3.33. The Hall–Kier alpha value is -3.78. The Kier molecular flexibility index (Phi) is 6.65. The van der Waals surface area contributed by atoms with E-state index in [9.17, 15) is 9.18 Å². The highest BCUT2D eigenvalue weighted by Gasteiger charge is 2.14. The molecular weight excluding hydrogens is 449 g/mol. The van der Waals surface area contributed by atoms with Crippen LogP contribution < -0.4 is 14.8 Å². The van der Waals surface area contributed by atoms with Crippen LogP contribution >= 0.6 is 11.6 Å². The molecular formula is C24H21ClFN3O4. The molecule has 0 spiro atoms. The van der Waals surface area contributed by atoms with Gasteiger partial charge in [-0.25, -0.2) is 9.07 Å². The predicted molar refractivity (Wildman–Crippen MR) is 121 cm³/mol. The Balaban J connectivity index is 1.30. The molecule has 2 aromatic heterocycles. The van der Waals surface area contributed by atoms with E-state index >= 15 is 0 Å². The van der Waals surface area contributed by atoms with Crippen LogP contribution in [0.3, 0.4) is 0 Å².